The molecular formula is C12H22N4O2S. The normalized spacial score (nSPS) is 14.6. The molecule has 7 heteroatoms. The second kappa shape index (κ2) is 6.91. The fourth-order valence-electron chi connectivity index (χ4n) is 1.87. The number of thioether (sulfide) groups is 1. The number of aliphatic carboxylic acids is 1. The Hall–Kier alpha value is -1.08. The van der Waals surface area contributed by atoms with Gasteiger partial charge in [0.25, 0.3) is 0 Å². The first-order chi connectivity index (χ1) is 8.85. The van der Waals surface area contributed by atoms with Gasteiger partial charge in [-0.2, -0.15) is 0 Å². The number of carbonyl (C=O) groups is 1. The molecule has 0 fully saturated rings. The Bertz CT molecular complexity index is 422. The van der Waals surface area contributed by atoms with E-state index in [0.29, 0.717) is 6.42 Å². The van der Waals surface area contributed by atoms with Gasteiger partial charge in [-0.15, -0.1) is 10.2 Å². The Balaban J connectivity index is 2.41. The lowest BCUT2D eigenvalue weighted by Crippen LogP contribution is -2.52. The molecule has 1 aromatic rings. The Kier molecular flexibility index (Phi) is 5.81. The molecule has 0 aromatic carbocycles. The molecule has 0 saturated heterocycles. The van der Waals surface area contributed by atoms with Crippen LogP contribution in [0, 0.1) is 0 Å². The Morgan fingerprint density at radius 2 is 2.32 bits per heavy atom. The number of carboxylic acid groups (broad SMARTS) is 1. The summed E-state index contributed by atoms with van der Waals surface area (Å²) in [7, 11) is 1.89. The van der Waals surface area contributed by atoms with Crippen molar-refractivity contribution in [2.75, 3.05) is 5.75 Å². The monoisotopic (exact) mass is 286 g/mol. The van der Waals surface area contributed by atoms with Crippen molar-refractivity contribution in [3.8, 4) is 0 Å². The molecule has 0 aliphatic rings. The first kappa shape index (κ1) is 16.0. The predicted molar refractivity (Wildman–Crippen MR) is 75.3 cm³/mol. The molecule has 0 aliphatic heterocycles. The maximum atomic E-state index is 11.3. The summed E-state index contributed by atoms with van der Waals surface area (Å²) in [6.45, 7) is 5.65. The van der Waals surface area contributed by atoms with E-state index in [1.807, 2.05) is 25.5 Å². The number of nitrogens with one attached hydrogen (secondary N) is 1. The Morgan fingerprint density at radius 3 is 2.79 bits per heavy atom. The number of aryl methyl sites for hydroxylation is 1. The van der Waals surface area contributed by atoms with Crippen LogP contribution in [0.4, 0.5) is 0 Å². The highest BCUT2D eigenvalue weighted by Gasteiger charge is 2.32. The van der Waals surface area contributed by atoms with Crippen molar-refractivity contribution < 1.29 is 9.90 Å². The molecule has 1 atom stereocenters. The summed E-state index contributed by atoms with van der Waals surface area (Å²) < 4.78 is 1.85. The molecule has 0 spiro atoms. The molecule has 0 amide bonds. The quantitative estimate of drug-likeness (QED) is 0.557. The van der Waals surface area contributed by atoms with Crippen LogP contribution in [0.1, 0.15) is 33.6 Å². The third kappa shape index (κ3) is 4.83. The molecule has 19 heavy (non-hydrogen) atoms. The standard InChI is InChI=1S/C12H22N4O2S/c1-9(2)14-12(3,10(17)18)6-5-7-19-11-15-13-8-16(11)4/h8-9,14H,5-7H2,1-4H3,(H,17,18). The molecule has 0 radical (unpaired) electrons. The fraction of sp³-hybridized carbons (Fsp3) is 0.750. The van der Waals surface area contributed by atoms with Crippen molar-refractivity contribution in [3.05, 3.63) is 6.33 Å². The van der Waals surface area contributed by atoms with E-state index in [0.717, 1.165) is 17.3 Å². The summed E-state index contributed by atoms with van der Waals surface area (Å²) in [5, 5.41) is 21.1. The topological polar surface area (TPSA) is 80.0 Å². The first-order valence-corrected chi connectivity index (χ1v) is 7.31. The van der Waals surface area contributed by atoms with Crippen LogP contribution in [-0.2, 0) is 11.8 Å². The van der Waals surface area contributed by atoms with Gasteiger partial charge < -0.3 is 9.67 Å². The van der Waals surface area contributed by atoms with Crippen molar-refractivity contribution >= 4 is 17.7 Å². The van der Waals surface area contributed by atoms with E-state index in [9.17, 15) is 9.90 Å². The lowest BCUT2D eigenvalue weighted by atomic mass is 9.95. The molecule has 1 heterocycles. The molecule has 108 valence electrons. The summed E-state index contributed by atoms with van der Waals surface area (Å²) >= 11 is 1.59. The fourth-order valence-corrected chi connectivity index (χ4v) is 2.70. The number of nitrogens with zero attached hydrogens (tertiary/aromatic N) is 3. The van der Waals surface area contributed by atoms with E-state index in [2.05, 4.69) is 15.5 Å². The van der Waals surface area contributed by atoms with Gasteiger partial charge in [0.2, 0.25) is 0 Å². The van der Waals surface area contributed by atoms with E-state index < -0.39 is 11.5 Å². The highest BCUT2D eigenvalue weighted by molar-refractivity contribution is 7.99. The molecular weight excluding hydrogens is 264 g/mol. The van der Waals surface area contributed by atoms with Crippen LogP contribution in [-0.4, -0.2) is 43.2 Å². The van der Waals surface area contributed by atoms with Crippen molar-refractivity contribution in [1.82, 2.24) is 20.1 Å². The van der Waals surface area contributed by atoms with Gasteiger partial charge in [0.1, 0.15) is 11.9 Å². The lowest BCUT2D eigenvalue weighted by Gasteiger charge is -2.28. The van der Waals surface area contributed by atoms with Gasteiger partial charge in [-0.3, -0.25) is 10.1 Å². The van der Waals surface area contributed by atoms with Crippen molar-refractivity contribution in [1.29, 1.82) is 0 Å². The maximum absolute atomic E-state index is 11.3. The van der Waals surface area contributed by atoms with Crippen LogP contribution >= 0.6 is 11.8 Å². The summed E-state index contributed by atoms with van der Waals surface area (Å²) in [4.78, 5) is 11.3. The molecule has 6 nitrogen and oxygen atoms in total. The van der Waals surface area contributed by atoms with E-state index in [-0.39, 0.29) is 6.04 Å². The zero-order valence-electron chi connectivity index (χ0n) is 11.9. The summed E-state index contributed by atoms with van der Waals surface area (Å²) in [6, 6.07) is 0.146. The zero-order chi connectivity index (χ0) is 14.5. The van der Waals surface area contributed by atoms with E-state index in [4.69, 9.17) is 0 Å². The summed E-state index contributed by atoms with van der Waals surface area (Å²) in [5.74, 6) is 0.0275. The molecule has 0 bridgehead atoms. The highest BCUT2D eigenvalue weighted by Crippen LogP contribution is 2.20. The van der Waals surface area contributed by atoms with Crippen LogP contribution in [0.5, 0.6) is 0 Å². The van der Waals surface area contributed by atoms with Crippen LogP contribution in [0.25, 0.3) is 0 Å². The summed E-state index contributed by atoms with van der Waals surface area (Å²) in [6.07, 6.45) is 3.05. The van der Waals surface area contributed by atoms with Crippen LogP contribution < -0.4 is 5.32 Å². The average molecular weight is 286 g/mol. The second-order valence-corrected chi connectivity index (χ2v) is 6.17. The average Bonchev–Trinajstić information content (AvgIpc) is 2.69. The van der Waals surface area contributed by atoms with Gasteiger partial charge in [-0.1, -0.05) is 11.8 Å². The first-order valence-electron chi connectivity index (χ1n) is 6.33. The van der Waals surface area contributed by atoms with Crippen LogP contribution in [0.2, 0.25) is 0 Å². The van der Waals surface area contributed by atoms with Crippen molar-refractivity contribution in [2.45, 2.75) is 50.4 Å². The van der Waals surface area contributed by atoms with Gasteiger partial charge in [0.15, 0.2) is 5.16 Å². The smallest absolute Gasteiger partial charge is 0.323 e. The van der Waals surface area contributed by atoms with Gasteiger partial charge in [-0.25, -0.2) is 0 Å². The van der Waals surface area contributed by atoms with Crippen molar-refractivity contribution in [2.24, 2.45) is 7.05 Å². The Morgan fingerprint density at radius 1 is 1.63 bits per heavy atom. The molecule has 1 rings (SSSR count). The maximum Gasteiger partial charge on any atom is 0.323 e. The third-order valence-corrected chi connectivity index (χ3v) is 3.92. The molecule has 2 N–H and O–H groups in total. The number of aromatic nitrogens is 3. The van der Waals surface area contributed by atoms with Gasteiger partial charge >= 0.3 is 5.97 Å². The number of carboxylic acids is 1. The Labute approximate surface area is 118 Å². The molecule has 1 unspecified atom stereocenters. The minimum atomic E-state index is -0.866. The van der Waals surface area contributed by atoms with Gasteiger partial charge in [-0.05, 0) is 33.6 Å². The highest BCUT2D eigenvalue weighted by atomic mass is 32.2. The lowest BCUT2D eigenvalue weighted by molar-refractivity contribution is -0.144. The minimum absolute atomic E-state index is 0.146. The van der Waals surface area contributed by atoms with E-state index >= 15 is 0 Å². The van der Waals surface area contributed by atoms with Gasteiger partial charge in [0.05, 0.1) is 0 Å². The number of hydrogen-bond acceptors (Lipinski definition) is 5. The van der Waals surface area contributed by atoms with Gasteiger partial charge in [0, 0.05) is 18.8 Å². The predicted octanol–water partition coefficient (Wildman–Crippen LogP) is 1.53. The molecule has 0 aliphatic carbocycles. The van der Waals surface area contributed by atoms with E-state index in [1.165, 1.54) is 0 Å². The van der Waals surface area contributed by atoms with Crippen molar-refractivity contribution in [3.63, 3.8) is 0 Å². The van der Waals surface area contributed by atoms with Crippen LogP contribution in [0.3, 0.4) is 0 Å². The molecule has 0 saturated carbocycles. The van der Waals surface area contributed by atoms with Crippen LogP contribution in [0.15, 0.2) is 11.5 Å². The SMILES string of the molecule is CC(C)NC(C)(CCCSc1nncn1C)C(=O)O. The van der Waals surface area contributed by atoms with E-state index in [1.54, 1.807) is 25.0 Å². The minimum Gasteiger partial charge on any atom is -0.480 e. The number of hydrogen-bond donors (Lipinski definition) is 2. The third-order valence-electron chi connectivity index (χ3n) is 2.80. The summed E-state index contributed by atoms with van der Waals surface area (Å²) in [5.41, 5.74) is -0.866. The zero-order valence-corrected chi connectivity index (χ0v) is 12.7. The second-order valence-electron chi connectivity index (χ2n) is 5.11. The number of rotatable bonds is 8. The molecule has 1 aromatic heterocycles. The largest absolute Gasteiger partial charge is 0.480 e.